The number of aromatic nitrogens is 1. The predicted molar refractivity (Wildman–Crippen MR) is 77.3 cm³/mol. The van der Waals surface area contributed by atoms with Crippen LogP contribution in [0.4, 0.5) is 11.7 Å². The van der Waals surface area contributed by atoms with E-state index in [4.69, 9.17) is 4.42 Å². The summed E-state index contributed by atoms with van der Waals surface area (Å²) in [6.07, 6.45) is 3.49. The Bertz CT molecular complexity index is 699. The van der Waals surface area contributed by atoms with Crippen LogP contribution in [0, 0.1) is 10.1 Å². The average Bonchev–Trinajstić information content (AvgIpc) is 3.14. The molecule has 1 N–H and O–H groups in total. The van der Waals surface area contributed by atoms with Crippen molar-refractivity contribution in [1.29, 1.82) is 0 Å². The quantitative estimate of drug-likeness (QED) is 0.689. The van der Waals surface area contributed by atoms with Crippen LogP contribution in [0.1, 0.15) is 19.3 Å². The number of fused-ring (bicyclic) bond motifs is 2. The Morgan fingerprint density at radius 3 is 3.14 bits per heavy atom. The summed E-state index contributed by atoms with van der Waals surface area (Å²) in [5.74, 6) is 0. The van der Waals surface area contributed by atoms with Crippen LogP contribution in [0.3, 0.4) is 0 Å². The standard InChI is InChI=1S/C14H16N4O3/c19-18(20)11-3-1-5-12-13(11)16-14(21-12)15-9-6-8-17-7-2-4-10(9)17/h1,3,5,9-10H,2,4,6-8H2,(H,15,16). The highest BCUT2D eigenvalue weighted by Gasteiger charge is 2.37. The summed E-state index contributed by atoms with van der Waals surface area (Å²) in [6.45, 7) is 2.27. The number of oxazole rings is 1. The second kappa shape index (κ2) is 4.70. The van der Waals surface area contributed by atoms with E-state index in [1.54, 1.807) is 12.1 Å². The van der Waals surface area contributed by atoms with Gasteiger partial charge in [0.1, 0.15) is 0 Å². The van der Waals surface area contributed by atoms with E-state index < -0.39 is 4.92 Å². The number of anilines is 1. The number of benzene rings is 1. The highest BCUT2D eigenvalue weighted by atomic mass is 16.6. The molecule has 2 saturated heterocycles. The average molecular weight is 288 g/mol. The van der Waals surface area contributed by atoms with Crippen LogP contribution >= 0.6 is 0 Å². The molecule has 2 atom stereocenters. The van der Waals surface area contributed by atoms with Gasteiger partial charge in [0.05, 0.1) is 4.92 Å². The normalized spacial score (nSPS) is 25.3. The molecule has 0 amide bonds. The second-order valence-electron chi connectivity index (χ2n) is 5.69. The third-order valence-corrected chi connectivity index (χ3v) is 4.51. The molecule has 2 aliphatic rings. The minimum Gasteiger partial charge on any atom is -0.423 e. The molecule has 0 aliphatic carbocycles. The third-order valence-electron chi connectivity index (χ3n) is 4.51. The molecule has 0 saturated carbocycles. The zero-order chi connectivity index (χ0) is 14.4. The molecule has 2 aromatic rings. The molecular formula is C14H16N4O3. The molecule has 7 nitrogen and oxygen atoms in total. The fraction of sp³-hybridized carbons (Fsp3) is 0.500. The zero-order valence-electron chi connectivity index (χ0n) is 11.5. The van der Waals surface area contributed by atoms with Crippen LogP contribution in [0.25, 0.3) is 11.1 Å². The minimum absolute atomic E-state index is 0.0155. The van der Waals surface area contributed by atoms with Gasteiger partial charge in [-0.25, -0.2) is 0 Å². The number of nitro groups is 1. The maximum atomic E-state index is 11.0. The Labute approximate surface area is 121 Å². The van der Waals surface area contributed by atoms with E-state index in [1.807, 2.05) is 0 Å². The lowest BCUT2D eigenvalue weighted by molar-refractivity contribution is -0.383. The van der Waals surface area contributed by atoms with Crippen molar-refractivity contribution in [3.05, 3.63) is 28.3 Å². The van der Waals surface area contributed by atoms with Gasteiger partial charge < -0.3 is 9.73 Å². The van der Waals surface area contributed by atoms with Gasteiger partial charge in [-0.1, -0.05) is 6.07 Å². The van der Waals surface area contributed by atoms with Gasteiger partial charge in [-0.2, -0.15) is 4.98 Å². The van der Waals surface area contributed by atoms with Crippen molar-refractivity contribution >= 4 is 22.8 Å². The lowest BCUT2D eigenvalue weighted by atomic mass is 10.1. The first-order valence-corrected chi connectivity index (χ1v) is 7.27. The van der Waals surface area contributed by atoms with Gasteiger partial charge in [0.15, 0.2) is 11.1 Å². The predicted octanol–water partition coefficient (Wildman–Crippen LogP) is 2.38. The maximum absolute atomic E-state index is 11.0. The first-order valence-electron chi connectivity index (χ1n) is 7.27. The van der Waals surface area contributed by atoms with Crippen molar-refractivity contribution in [2.45, 2.75) is 31.3 Å². The van der Waals surface area contributed by atoms with Crippen molar-refractivity contribution in [3.63, 3.8) is 0 Å². The molecular weight excluding hydrogens is 272 g/mol. The Kier molecular flexibility index (Phi) is 2.81. The summed E-state index contributed by atoms with van der Waals surface area (Å²) < 4.78 is 5.62. The number of rotatable bonds is 3. The number of nitrogens with one attached hydrogen (secondary N) is 1. The summed E-state index contributed by atoms with van der Waals surface area (Å²) in [5, 5.41) is 14.3. The first kappa shape index (κ1) is 12.6. The molecule has 1 aromatic heterocycles. The van der Waals surface area contributed by atoms with Crippen molar-refractivity contribution in [1.82, 2.24) is 9.88 Å². The molecule has 2 aliphatic heterocycles. The second-order valence-corrected chi connectivity index (χ2v) is 5.69. The third kappa shape index (κ3) is 2.04. The molecule has 21 heavy (non-hydrogen) atoms. The van der Waals surface area contributed by atoms with Gasteiger partial charge >= 0.3 is 0 Å². The van der Waals surface area contributed by atoms with E-state index in [2.05, 4.69) is 15.2 Å². The summed E-state index contributed by atoms with van der Waals surface area (Å²) in [6, 6.07) is 6.01. The first-order chi connectivity index (χ1) is 10.2. The van der Waals surface area contributed by atoms with Crippen LogP contribution in [0.15, 0.2) is 22.6 Å². The van der Waals surface area contributed by atoms with E-state index in [-0.39, 0.29) is 5.69 Å². The van der Waals surface area contributed by atoms with Crippen molar-refractivity contribution in [2.75, 3.05) is 18.4 Å². The molecule has 110 valence electrons. The van der Waals surface area contributed by atoms with Gasteiger partial charge in [0.2, 0.25) is 0 Å². The molecule has 0 bridgehead atoms. The highest BCUT2D eigenvalue weighted by Crippen LogP contribution is 2.32. The fourth-order valence-electron chi connectivity index (χ4n) is 3.55. The van der Waals surface area contributed by atoms with E-state index in [9.17, 15) is 10.1 Å². The number of nitro benzene ring substituents is 1. The van der Waals surface area contributed by atoms with Crippen molar-refractivity contribution in [2.24, 2.45) is 0 Å². The lowest BCUT2D eigenvalue weighted by Crippen LogP contribution is -2.33. The maximum Gasteiger partial charge on any atom is 0.298 e. The molecule has 7 heteroatoms. The van der Waals surface area contributed by atoms with Gasteiger partial charge in [-0.3, -0.25) is 15.0 Å². The van der Waals surface area contributed by atoms with Gasteiger partial charge in [0.25, 0.3) is 11.7 Å². The largest absolute Gasteiger partial charge is 0.423 e. The molecule has 2 unspecified atom stereocenters. The summed E-state index contributed by atoms with van der Waals surface area (Å²) >= 11 is 0. The topological polar surface area (TPSA) is 84.4 Å². The van der Waals surface area contributed by atoms with Gasteiger partial charge in [-0.05, 0) is 31.9 Å². The summed E-state index contributed by atoms with van der Waals surface area (Å²) in [4.78, 5) is 17.3. The Morgan fingerprint density at radius 1 is 1.38 bits per heavy atom. The number of hydrogen-bond acceptors (Lipinski definition) is 6. The molecule has 3 heterocycles. The SMILES string of the molecule is O=[N+]([O-])c1cccc2oc(NC3CCN4CCCC34)nc12. The number of non-ortho nitro benzene ring substituents is 1. The van der Waals surface area contributed by atoms with E-state index in [1.165, 1.54) is 25.5 Å². The Morgan fingerprint density at radius 2 is 2.29 bits per heavy atom. The number of para-hydroxylation sites is 1. The molecule has 0 spiro atoms. The van der Waals surface area contributed by atoms with E-state index in [0.29, 0.717) is 29.2 Å². The van der Waals surface area contributed by atoms with Crippen LogP contribution in [-0.2, 0) is 0 Å². The van der Waals surface area contributed by atoms with Crippen LogP contribution in [-0.4, -0.2) is 40.0 Å². The minimum atomic E-state index is -0.428. The number of hydrogen-bond donors (Lipinski definition) is 1. The fourth-order valence-corrected chi connectivity index (χ4v) is 3.55. The van der Waals surface area contributed by atoms with Crippen LogP contribution in [0.2, 0.25) is 0 Å². The molecule has 1 aromatic carbocycles. The Balaban J connectivity index is 1.62. The monoisotopic (exact) mass is 288 g/mol. The van der Waals surface area contributed by atoms with Gasteiger partial charge in [-0.15, -0.1) is 0 Å². The molecule has 0 radical (unpaired) electrons. The highest BCUT2D eigenvalue weighted by molar-refractivity contribution is 5.84. The Hall–Kier alpha value is -2.15. The van der Waals surface area contributed by atoms with Crippen LogP contribution in [0.5, 0.6) is 0 Å². The number of nitrogens with zero attached hydrogens (tertiary/aromatic N) is 3. The lowest BCUT2D eigenvalue weighted by Gasteiger charge is -2.20. The van der Waals surface area contributed by atoms with Gasteiger partial charge in [0, 0.05) is 24.7 Å². The molecule has 4 rings (SSSR count). The van der Waals surface area contributed by atoms with E-state index >= 15 is 0 Å². The summed E-state index contributed by atoms with van der Waals surface area (Å²) in [5.41, 5.74) is 0.748. The van der Waals surface area contributed by atoms with E-state index in [0.717, 1.165) is 13.0 Å². The van der Waals surface area contributed by atoms with Crippen LogP contribution < -0.4 is 5.32 Å². The zero-order valence-corrected chi connectivity index (χ0v) is 11.5. The summed E-state index contributed by atoms with van der Waals surface area (Å²) in [7, 11) is 0. The molecule has 2 fully saturated rings. The van der Waals surface area contributed by atoms with Crippen molar-refractivity contribution in [3.8, 4) is 0 Å². The van der Waals surface area contributed by atoms with Crippen molar-refractivity contribution < 1.29 is 9.34 Å². The smallest absolute Gasteiger partial charge is 0.298 e.